The molecule has 1 aliphatic rings. The van der Waals surface area contributed by atoms with Gasteiger partial charge in [0.1, 0.15) is 12.1 Å². The molecule has 0 aliphatic carbocycles. The van der Waals surface area contributed by atoms with Crippen LogP contribution in [0.25, 0.3) is 0 Å². The average Bonchev–Trinajstić information content (AvgIpc) is 2.81. The minimum atomic E-state index is -1.09. The fourth-order valence-corrected chi connectivity index (χ4v) is 5.16. The molecule has 0 saturated carbocycles. The maximum absolute atomic E-state index is 13.3. The predicted octanol–water partition coefficient (Wildman–Crippen LogP) is 3.07. The minimum Gasteiger partial charge on any atom is -0.480 e. The molecule has 3 unspecified atom stereocenters. The molecule has 33 heavy (non-hydrogen) atoms. The molecule has 7 nitrogen and oxygen atoms in total. The highest BCUT2D eigenvalue weighted by atomic mass is 32.2. The van der Waals surface area contributed by atoms with Crippen LogP contribution in [0.3, 0.4) is 0 Å². The quantitative estimate of drug-likeness (QED) is 0.403. The number of carbonyl (C=O) groups is 3. The van der Waals surface area contributed by atoms with Crippen molar-refractivity contribution in [2.45, 2.75) is 55.8 Å². The Labute approximate surface area is 198 Å². The third-order valence-corrected chi connectivity index (χ3v) is 6.79. The van der Waals surface area contributed by atoms with E-state index in [1.807, 2.05) is 54.6 Å². The van der Waals surface area contributed by atoms with Crippen LogP contribution < -0.4 is 5.73 Å². The Balaban J connectivity index is 2.01. The molecule has 0 bridgehead atoms. The lowest BCUT2D eigenvalue weighted by molar-refractivity contribution is -0.159. The number of nitrogens with zero attached hydrogens (tertiary/aromatic N) is 1. The fourth-order valence-electron chi connectivity index (χ4n) is 4.23. The molecule has 3 rings (SSSR count). The van der Waals surface area contributed by atoms with Gasteiger partial charge in [-0.1, -0.05) is 42.5 Å². The Kier molecular flexibility index (Phi) is 8.66. The monoisotopic (exact) mass is 470 g/mol. The topological polar surface area (TPSA) is 110 Å². The van der Waals surface area contributed by atoms with E-state index in [9.17, 15) is 19.5 Å². The summed E-state index contributed by atoms with van der Waals surface area (Å²) in [5.74, 6) is -1.38. The van der Waals surface area contributed by atoms with Gasteiger partial charge in [0, 0.05) is 10.6 Å². The van der Waals surface area contributed by atoms with E-state index in [2.05, 4.69) is 0 Å². The Hall–Kier alpha value is -2.68. The number of hydrogen-bond acceptors (Lipinski definition) is 7. The molecule has 1 aliphatic heterocycles. The molecule has 0 spiro atoms. The van der Waals surface area contributed by atoms with E-state index in [1.54, 1.807) is 25.6 Å². The second-order valence-electron chi connectivity index (χ2n) is 8.02. The summed E-state index contributed by atoms with van der Waals surface area (Å²) in [7, 11) is 0. The summed E-state index contributed by atoms with van der Waals surface area (Å²) in [6, 6.07) is 13.3. The number of aliphatic carboxylic acids is 1. The molecule has 176 valence electrons. The summed E-state index contributed by atoms with van der Waals surface area (Å²) in [6.45, 7) is 3.45. The third-order valence-electron chi connectivity index (χ3n) is 5.75. The molecule has 4 atom stereocenters. The number of carbonyl (C=O) groups excluding carboxylic acids is 2. The predicted molar refractivity (Wildman–Crippen MR) is 127 cm³/mol. The second-order valence-corrected chi connectivity index (χ2v) is 9.18. The highest BCUT2D eigenvalue weighted by molar-refractivity contribution is 7.99. The molecule has 8 heteroatoms. The van der Waals surface area contributed by atoms with Gasteiger partial charge in [-0.2, -0.15) is 0 Å². The number of esters is 1. The minimum absolute atomic E-state index is 0.162. The molecule has 3 N–H and O–H groups in total. The van der Waals surface area contributed by atoms with Gasteiger partial charge in [0.25, 0.3) is 0 Å². The number of rotatable bonds is 10. The SMILES string of the molecule is CCOC(=O)C(CCSc1ccccc1)N1C(C(=O)O)Cc2ccccc2C1C(=O)[C@H](C)N. The lowest BCUT2D eigenvalue weighted by atomic mass is 9.83. The van der Waals surface area contributed by atoms with E-state index in [-0.39, 0.29) is 18.8 Å². The van der Waals surface area contributed by atoms with Crippen molar-refractivity contribution >= 4 is 29.5 Å². The summed E-state index contributed by atoms with van der Waals surface area (Å²) >= 11 is 1.57. The summed E-state index contributed by atoms with van der Waals surface area (Å²) in [4.78, 5) is 41.3. The molecule has 2 aromatic carbocycles. The number of ether oxygens (including phenoxy) is 1. The number of nitrogens with two attached hydrogens (primary N) is 1. The van der Waals surface area contributed by atoms with Crippen LogP contribution in [0.2, 0.25) is 0 Å². The molecule has 0 aromatic heterocycles. The zero-order chi connectivity index (χ0) is 24.0. The van der Waals surface area contributed by atoms with Gasteiger partial charge in [0.15, 0.2) is 5.78 Å². The molecule has 0 saturated heterocycles. The number of ketones is 1. The Morgan fingerprint density at radius 2 is 1.82 bits per heavy atom. The van der Waals surface area contributed by atoms with E-state index in [0.717, 1.165) is 10.5 Å². The van der Waals surface area contributed by atoms with Crippen molar-refractivity contribution in [2.75, 3.05) is 12.4 Å². The van der Waals surface area contributed by atoms with Crippen LogP contribution in [-0.4, -0.2) is 58.2 Å². The van der Waals surface area contributed by atoms with E-state index >= 15 is 0 Å². The molecule has 0 fully saturated rings. The number of benzene rings is 2. The van der Waals surface area contributed by atoms with Gasteiger partial charge >= 0.3 is 11.9 Å². The zero-order valence-electron chi connectivity index (χ0n) is 18.8. The Bertz CT molecular complexity index is 982. The molecular weight excluding hydrogens is 440 g/mol. The van der Waals surface area contributed by atoms with Crippen molar-refractivity contribution in [2.24, 2.45) is 5.73 Å². The number of hydrogen-bond donors (Lipinski definition) is 2. The maximum atomic E-state index is 13.3. The fraction of sp³-hybridized carbons (Fsp3) is 0.400. The van der Waals surface area contributed by atoms with E-state index in [1.165, 1.54) is 4.90 Å². The van der Waals surface area contributed by atoms with E-state index in [4.69, 9.17) is 10.5 Å². The van der Waals surface area contributed by atoms with Gasteiger partial charge in [-0.15, -0.1) is 11.8 Å². The zero-order valence-corrected chi connectivity index (χ0v) is 19.7. The van der Waals surface area contributed by atoms with Gasteiger partial charge in [-0.05, 0) is 49.9 Å². The number of Topliss-reactive ketones (excluding diaryl/α,β-unsaturated/α-hetero) is 1. The lowest BCUT2D eigenvalue weighted by Gasteiger charge is -2.44. The van der Waals surface area contributed by atoms with Crippen molar-refractivity contribution < 1.29 is 24.2 Å². The number of carboxylic acids is 1. The Morgan fingerprint density at radius 1 is 1.15 bits per heavy atom. The molecule has 0 amide bonds. The highest BCUT2D eigenvalue weighted by Gasteiger charge is 2.47. The molecule has 0 radical (unpaired) electrons. The first kappa shape index (κ1) is 25.0. The first-order valence-electron chi connectivity index (χ1n) is 11.1. The normalized spacial score (nSPS) is 19.8. The maximum Gasteiger partial charge on any atom is 0.323 e. The van der Waals surface area contributed by atoms with Gasteiger partial charge in [-0.25, -0.2) is 0 Å². The van der Waals surface area contributed by atoms with Crippen LogP contribution >= 0.6 is 11.8 Å². The summed E-state index contributed by atoms with van der Waals surface area (Å²) in [6.07, 6.45) is 0.517. The third kappa shape index (κ3) is 5.82. The van der Waals surface area contributed by atoms with Crippen LogP contribution in [0.4, 0.5) is 0 Å². The van der Waals surface area contributed by atoms with Gasteiger partial charge in [-0.3, -0.25) is 19.3 Å². The first-order chi connectivity index (χ1) is 15.8. The smallest absolute Gasteiger partial charge is 0.323 e. The number of carboxylic acid groups (broad SMARTS) is 1. The standard InChI is InChI=1S/C25H30N2O5S/c1-3-32-25(31)20(13-14-33-18-10-5-4-6-11-18)27-21(24(29)30)15-17-9-7-8-12-19(17)22(27)23(28)16(2)26/h4-12,16,20-22H,3,13-15,26H2,1-2H3,(H,29,30)/t16-,20?,21?,22?/m0/s1. The van der Waals surface area contributed by atoms with Crippen molar-refractivity contribution in [1.82, 2.24) is 4.90 Å². The highest BCUT2D eigenvalue weighted by Crippen LogP contribution is 2.37. The van der Waals surface area contributed by atoms with Crippen LogP contribution in [0.1, 0.15) is 37.4 Å². The van der Waals surface area contributed by atoms with Crippen molar-refractivity contribution in [3.8, 4) is 0 Å². The average molecular weight is 471 g/mol. The van der Waals surface area contributed by atoms with E-state index in [0.29, 0.717) is 17.7 Å². The van der Waals surface area contributed by atoms with Gasteiger partial charge < -0.3 is 15.6 Å². The van der Waals surface area contributed by atoms with Gasteiger partial charge in [0.2, 0.25) is 0 Å². The van der Waals surface area contributed by atoms with Crippen LogP contribution in [0.15, 0.2) is 59.5 Å². The van der Waals surface area contributed by atoms with Crippen molar-refractivity contribution in [1.29, 1.82) is 0 Å². The molecule has 1 heterocycles. The number of thioether (sulfide) groups is 1. The van der Waals surface area contributed by atoms with Crippen LogP contribution in [-0.2, 0) is 25.5 Å². The lowest BCUT2D eigenvalue weighted by Crippen LogP contribution is -2.59. The van der Waals surface area contributed by atoms with Crippen LogP contribution in [0.5, 0.6) is 0 Å². The summed E-state index contributed by atoms with van der Waals surface area (Å²) < 4.78 is 5.34. The summed E-state index contributed by atoms with van der Waals surface area (Å²) in [5.41, 5.74) is 7.45. The largest absolute Gasteiger partial charge is 0.480 e. The molecular formula is C25H30N2O5S. The number of fused-ring (bicyclic) bond motifs is 1. The Morgan fingerprint density at radius 3 is 2.45 bits per heavy atom. The van der Waals surface area contributed by atoms with E-state index < -0.39 is 36.1 Å². The van der Waals surface area contributed by atoms with Crippen LogP contribution in [0, 0.1) is 0 Å². The van der Waals surface area contributed by atoms with Crippen molar-refractivity contribution in [3.05, 3.63) is 65.7 Å². The summed E-state index contributed by atoms with van der Waals surface area (Å²) in [5, 5.41) is 10.1. The van der Waals surface area contributed by atoms with Gasteiger partial charge in [0.05, 0.1) is 18.7 Å². The molecule has 2 aromatic rings. The second kappa shape index (κ2) is 11.4. The van der Waals surface area contributed by atoms with Crippen molar-refractivity contribution in [3.63, 3.8) is 0 Å². The first-order valence-corrected chi connectivity index (χ1v) is 12.1.